The first-order valence-electron chi connectivity index (χ1n) is 7.09. The molecule has 0 saturated heterocycles. The van der Waals surface area contributed by atoms with E-state index in [1.807, 2.05) is 5.38 Å². The minimum absolute atomic E-state index is 0.0979. The number of amides is 1. The fourth-order valence-electron chi connectivity index (χ4n) is 2.11. The summed E-state index contributed by atoms with van der Waals surface area (Å²) < 4.78 is 6.55. The van der Waals surface area contributed by atoms with E-state index in [1.165, 1.54) is 27.7 Å². The van der Waals surface area contributed by atoms with Crippen molar-refractivity contribution >= 4 is 44.9 Å². The molecule has 0 aliphatic rings. The van der Waals surface area contributed by atoms with Gasteiger partial charge < -0.3 is 10.1 Å². The number of carbonyl (C=O) groups excluding carboxylic acids is 1. The monoisotopic (exact) mass is 361 g/mol. The van der Waals surface area contributed by atoms with Gasteiger partial charge in [-0.05, 0) is 35.7 Å². The molecule has 0 aliphatic heterocycles. The summed E-state index contributed by atoms with van der Waals surface area (Å²) in [6.07, 6.45) is 0. The van der Waals surface area contributed by atoms with Crippen LogP contribution in [-0.2, 0) is 11.8 Å². The molecule has 0 unspecified atom stereocenters. The van der Waals surface area contributed by atoms with Gasteiger partial charge in [-0.2, -0.15) is 0 Å². The van der Waals surface area contributed by atoms with Crippen molar-refractivity contribution in [1.29, 1.82) is 0 Å². The zero-order valence-electron chi connectivity index (χ0n) is 13.1. The average Bonchev–Trinajstić information content (AvgIpc) is 3.06. The second-order valence-electron chi connectivity index (χ2n) is 4.96. The molecule has 24 heavy (non-hydrogen) atoms. The molecule has 6 nitrogen and oxygen atoms in total. The molecule has 0 radical (unpaired) electrons. The third-order valence-corrected chi connectivity index (χ3v) is 5.21. The van der Waals surface area contributed by atoms with Gasteiger partial charge >= 0.3 is 0 Å². The Morgan fingerprint density at radius 3 is 2.79 bits per heavy atom. The van der Waals surface area contributed by atoms with Crippen LogP contribution in [0.3, 0.4) is 0 Å². The summed E-state index contributed by atoms with van der Waals surface area (Å²) in [6, 6.07) is 8.86. The maximum absolute atomic E-state index is 12.2. The molecule has 1 amide bonds. The minimum atomic E-state index is -0.161. The molecule has 0 atom stereocenters. The Bertz CT molecular complexity index is 932. The van der Waals surface area contributed by atoms with E-state index in [2.05, 4.69) is 10.3 Å². The SMILES string of the molecule is COc1ccc(NC(=O)CSc2nc3sccc3c(=O)n2C)cc1. The number of nitrogens with zero attached hydrogens (tertiary/aromatic N) is 2. The summed E-state index contributed by atoms with van der Waals surface area (Å²) in [5, 5.41) is 5.77. The van der Waals surface area contributed by atoms with Crippen molar-refractivity contribution in [3.63, 3.8) is 0 Å². The van der Waals surface area contributed by atoms with Crippen molar-refractivity contribution in [2.45, 2.75) is 5.16 Å². The Labute approximate surface area is 146 Å². The summed E-state index contributed by atoms with van der Waals surface area (Å²) in [4.78, 5) is 29.4. The molecule has 0 spiro atoms. The Kier molecular flexibility index (Phi) is 4.86. The lowest BCUT2D eigenvalue weighted by Crippen LogP contribution is -2.20. The second kappa shape index (κ2) is 7.06. The van der Waals surface area contributed by atoms with Gasteiger partial charge in [-0.1, -0.05) is 11.8 Å². The van der Waals surface area contributed by atoms with Crippen LogP contribution in [0.5, 0.6) is 5.75 Å². The Balaban J connectivity index is 1.67. The van der Waals surface area contributed by atoms with Gasteiger partial charge in [0.25, 0.3) is 5.56 Å². The third-order valence-electron chi connectivity index (χ3n) is 3.37. The fraction of sp³-hybridized carbons (Fsp3) is 0.188. The van der Waals surface area contributed by atoms with Crippen LogP contribution < -0.4 is 15.6 Å². The molecular formula is C16H15N3O3S2. The molecule has 2 heterocycles. The maximum Gasteiger partial charge on any atom is 0.262 e. The molecule has 0 fully saturated rings. The molecule has 0 bridgehead atoms. The van der Waals surface area contributed by atoms with Crippen molar-refractivity contribution in [2.75, 3.05) is 18.2 Å². The Hall–Kier alpha value is -2.32. The Morgan fingerprint density at radius 1 is 1.33 bits per heavy atom. The van der Waals surface area contributed by atoms with Crippen LogP contribution in [0.1, 0.15) is 0 Å². The molecule has 0 aliphatic carbocycles. The number of benzene rings is 1. The van der Waals surface area contributed by atoms with Crippen molar-refractivity contribution in [1.82, 2.24) is 9.55 Å². The molecule has 1 N–H and O–H groups in total. The number of ether oxygens (including phenoxy) is 1. The number of carbonyl (C=O) groups is 1. The first kappa shape index (κ1) is 16.5. The van der Waals surface area contributed by atoms with Crippen LogP contribution in [0, 0.1) is 0 Å². The first-order valence-corrected chi connectivity index (χ1v) is 8.96. The van der Waals surface area contributed by atoms with Gasteiger partial charge in [0.1, 0.15) is 10.6 Å². The number of fused-ring (bicyclic) bond motifs is 1. The number of thiophene rings is 1. The standard InChI is InChI=1S/C16H15N3O3S2/c1-19-15(21)12-7-8-23-14(12)18-16(19)24-9-13(20)17-10-3-5-11(22-2)6-4-10/h3-8H,9H2,1-2H3,(H,17,20). The normalized spacial score (nSPS) is 10.8. The predicted molar refractivity (Wildman–Crippen MR) is 97.2 cm³/mol. The van der Waals surface area contributed by atoms with E-state index in [0.717, 1.165) is 5.75 Å². The van der Waals surface area contributed by atoms with E-state index in [0.29, 0.717) is 21.1 Å². The van der Waals surface area contributed by atoms with Crippen LogP contribution in [0.4, 0.5) is 5.69 Å². The Morgan fingerprint density at radius 2 is 2.08 bits per heavy atom. The molecule has 0 saturated carbocycles. The highest BCUT2D eigenvalue weighted by molar-refractivity contribution is 7.99. The van der Waals surface area contributed by atoms with E-state index in [9.17, 15) is 9.59 Å². The molecule has 3 rings (SSSR count). The van der Waals surface area contributed by atoms with Crippen LogP contribution in [0.2, 0.25) is 0 Å². The van der Waals surface area contributed by atoms with Gasteiger partial charge in [0, 0.05) is 12.7 Å². The van der Waals surface area contributed by atoms with E-state index in [1.54, 1.807) is 44.5 Å². The summed E-state index contributed by atoms with van der Waals surface area (Å²) in [6.45, 7) is 0. The lowest BCUT2D eigenvalue weighted by Gasteiger charge is -2.08. The summed E-state index contributed by atoms with van der Waals surface area (Å²) >= 11 is 2.65. The van der Waals surface area contributed by atoms with E-state index >= 15 is 0 Å². The fourth-order valence-corrected chi connectivity index (χ4v) is 3.69. The summed E-state index contributed by atoms with van der Waals surface area (Å²) in [5.41, 5.74) is 0.594. The zero-order chi connectivity index (χ0) is 17.1. The smallest absolute Gasteiger partial charge is 0.262 e. The zero-order valence-corrected chi connectivity index (χ0v) is 14.7. The third kappa shape index (κ3) is 3.44. The van der Waals surface area contributed by atoms with E-state index in [-0.39, 0.29) is 17.2 Å². The lowest BCUT2D eigenvalue weighted by atomic mass is 10.3. The van der Waals surface area contributed by atoms with Crippen molar-refractivity contribution in [2.24, 2.45) is 7.05 Å². The number of nitrogens with one attached hydrogen (secondary N) is 1. The first-order chi connectivity index (χ1) is 11.6. The molecule has 124 valence electrons. The number of anilines is 1. The van der Waals surface area contributed by atoms with Crippen molar-refractivity contribution < 1.29 is 9.53 Å². The van der Waals surface area contributed by atoms with Crippen molar-refractivity contribution in [3.05, 3.63) is 46.1 Å². The average molecular weight is 361 g/mol. The number of hydrogen-bond acceptors (Lipinski definition) is 6. The molecule has 1 aromatic carbocycles. The van der Waals surface area contributed by atoms with Crippen LogP contribution >= 0.6 is 23.1 Å². The minimum Gasteiger partial charge on any atom is -0.497 e. The number of hydrogen-bond donors (Lipinski definition) is 1. The summed E-state index contributed by atoms with van der Waals surface area (Å²) in [7, 11) is 3.25. The van der Waals surface area contributed by atoms with Gasteiger partial charge in [-0.15, -0.1) is 11.3 Å². The van der Waals surface area contributed by atoms with E-state index < -0.39 is 0 Å². The van der Waals surface area contributed by atoms with Gasteiger partial charge in [-0.25, -0.2) is 4.98 Å². The predicted octanol–water partition coefficient (Wildman–Crippen LogP) is 2.73. The maximum atomic E-state index is 12.2. The number of methoxy groups -OCH3 is 1. The van der Waals surface area contributed by atoms with Gasteiger partial charge in [0.15, 0.2) is 5.16 Å². The van der Waals surface area contributed by atoms with Crippen molar-refractivity contribution in [3.8, 4) is 5.75 Å². The topological polar surface area (TPSA) is 73.2 Å². The highest BCUT2D eigenvalue weighted by Gasteiger charge is 2.11. The molecule has 3 aromatic rings. The number of aromatic nitrogens is 2. The number of thioether (sulfide) groups is 1. The molecule has 2 aromatic heterocycles. The highest BCUT2D eigenvalue weighted by Crippen LogP contribution is 2.21. The van der Waals surface area contributed by atoms with Crippen LogP contribution in [0.15, 0.2) is 45.7 Å². The quantitative estimate of drug-likeness (QED) is 0.559. The second-order valence-corrected chi connectivity index (χ2v) is 6.80. The summed E-state index contributed by atoms with van der Waals surface area (Å²) in [5.74, 6) is 0.736. The van der Waals surface area contributed by atoms with Crippen LogP contribution in [-0.4, -0.2) is 28.3 Å². The van der Waals surface area contributed by atoms with Gasteiger partial charge in [0.05, 0.1) is 18.2 Å². The highest BCUT2D eigenvalue weighted by atomic mass is 32.2. The lowest BCUT2D eigenvalue weighted by molar-refractivity contribution is -0.113. The largest absolute Gasteiger partial charge is 0.497 e. The molecule has 8 heteroatoms. The molecular weight excluding hydrogens is 346 g/mol. The van der Waals surface area contributed by atoms with Gasteiger partial charge in [-0.3, -0.25) is 14.2 Å². The van der Waals surface area contributed by atoms with E-state index in [4.69, 9.17) is 4.74 Å². The number of rotatable bonds is 5. The van der Waals surface area contributed by atoms with Gasteiger partial charge in [0.2, 0.25) is 5.91 Å². The van der Waals surface area contributed by atoms with Crippen LogP contribution in [0.25, 0.3) is 10.2 Å².